The summed E-state index contributed by atoms with van der Waals surface area (Å²) in [6, 6.07) is 7.71. The molecule has 2 aromatic rings. The van der Waals surface area contributed by atoms with Gasteiger partial charge in [-0.05, 0) is 56.0 Å². The first kappa shape index (κ1) is 14.8. The van der Waals surface area contributed by atoms with Gasteiger partial charge in [-0.1, -0.05) is 17.7 Å². The van der Waals surface area contributed by atoms with Crippen molar-refractivity contribution < 1.29 is 4.79 Å². The Morgan fingerprint density at radius 1 is 1.23 bits per heavy atom. The predicted octanol–water partition coefficient (Wildman–Crippen LogP) is 3.57. The normalized spacial score (nSPS) is 13.8. The molecule has 1 aliphatic carbocycles. The van der Waals surface area contributed by atoms with E-state index < -0.39 is 0 Å². The number of aromatic nitrogens is 2. The lowest BCUT2D eigenvalue weighted by Crippen LogP contribution is -2.16. The van der Waals surface area contributed by atoms with Gasteiger partial charge in [0.1, 0.15) is 5.82 Å². The largest absolute Gasteiger partial charge is 0.366 e. The second-order valence-electron chi connectivity index (χ2n) is 5.62. The monoisotopic (exact) mass is 316 g/mol. The van der Waals surface area contributed by atoms with Crippen LogP contribution in [0.2, 0.25) is 5.02 Å². The molecule has 114 valence electrons. The van der Waals surface area contributed by atoms with Crippen LogP contribution < -0.4 is 10.6 Å². The Morgan fingerprint density at radius 3 is 2.59 bits per heavy atom. The summed E-state index contributed by atoms with van der Waals surface area (Å²) in [6.45, 7) is 3.87. The zero-order valence-electron chi connectivity index (χ0n) is 12.5. The van der Waals surface area contributed by atoms with E-state index in [-0.39, 0.29) is 11.6 Å². The molecule has 1 fully saturated rings. The van der Waals surface area contributed by atoms with Crippen molar-refractivity contribution in [1.29, 1.82) is 0 Å². The maximum Gasteiger partial charge on any atom is 0.276 e. The Kier molecular flexibility index (Phi) is 3.98. The van der Waals surface area contributed by atoms with Crippen LogP contribution in [0.15, 0.2) is 24.3 Å². The number of nitrogens with zero attached hydrogens (tertiary/aromatic N) is 2. The van der Waals surface area contributed by atoms with E-state index in [2.05, 4.69) is 20.8 Å². The molecular weight excluding hydrogens is 300 g/mol. The molecule has 0 bridgehead atoms. The number of nitrogens with one attached hydrogen (secondary N) is 2. The number of amides is 1. The molecule has 1 aromatic carbocycles. The topological polar surface area (TPSA) is 66.9 Å². The van der Waals surface area contributed by atoms with Crippen LogP contribution in [-0.4, -0.2) is 22.1 Å². The van der Waals surface area contributed by atoms with Crippen molar-refractivity contribution in [3.8, 4) is 0 Å². The van der Waals surface area contributed by atoms with Crippen LogP contribution in [0.1, 0.15) is 34.5 Å². The van der Waals surface area contributed by atoms with E-state index in [1.165, 1.54) is 0 Å². The molecule has 1 aromatic heterocycles. The quantitative estimate of drug-likeness (QED) is 0.905. The van der Waals surface area contributed by atoms with Crippen molar-refractivity contribution in [2.45, 2.75) is 32.7 Å². The zero-order valence-corrected chi connectivity index (χ0v) is 13.2. The summed E-state index contributed by atoms with van der Waals surface area (Å²) < 4.78 is 0. The van der Waals surface area contributed by atoms with Gasteiger partial charge in [0.2, 0.25) is 0 Å². The van der Waals surface area contributed by atoms with Crippen LogP contribution >= 0.6 is 11.6 Å². The molecule has 22 heavy (non-hydrogen) atoms. The highest BCUT2D eigenvalue weighted by atomic mass is 35.5. The molecule has 0 atom stereocenters. The molecule has 1 saturated carbocycles. The third kappa shape index (κ3) is 3.36. The maximum absolute atomic E-state index is 12.3. The van der Waals surface area contributed by atoms with Crippen molar-refractivity contribution in [2.75, 3.05) is 10.6 Å². The molecule has 0 aliphatic heterocycles. The van der Waals surface area contributed by atoms with Crippen LogP contribution in [0.4, 0.5) is 11.5 Å². The van der Waals surface area contributed by atoms with Gasteiger partial charge in [0.25, 0.3) is 5.91 Å². The Hall–Kier alpha value is -2.14. The lowest BCUT2D eigenvalue weighted by atomic mass is 10.1. The van der Waals surface area contributed by atoms with E-state index in [0.29, 0.717) is 22.6 Å². The van der Waals surface area contributed by atoms with Gasteiger partial charge in [0.15, 0.2) is 5.69 Å². The number of rotatable bonds is 4. The molecule has 1 heterocycles. The molecular formula is C16H17ClN4O. The first-order valence-electron chi connectivity index (χ1n) is 7.21. The highest BCUT2D eigenvalue weighted by Crippen LogP contribution is 2.28. The average Bonchev–Trinajstić information content (AvgIpc) is 3.27. The molecule has 2 N–H and O–H groups in total. The van der Waals surface area contributed by atoms with Gasteiger partial charge in [-0.25, -0.2) is 0 Å². The Morgan fingerprint density at radius 2 is 2.00 bits per heavy atom. The zero-order chi connectivity index (χ0) is 15.7. The number of benzene rings is 1. The fraction of sp³-hybridized carbons (Fsp3) is 0.312. The number of aryl methyl sites for hydroxylation is 2. The van der Waals surface area contributed by atoms with E-state index >= 15 is 0 Å². The molecule has 0 unspecified atom stereocenters. The standard InChI is InChI=1S/C16H17ClN4O/c1-9-7-10(2)15(12(17)8-9)19-16(22)13-5-6-14(21-20-13)18-11-3-4-11/h5-8,11H,3-4H2,1-2H3,(H,18,21)(H,19,22). The highest BCUT2D eigenvalue weighted by Gasteiger charge is 2.21. The van der Waals surface area contributed by atoms with E-state index in [4.69, 9.17) is 11.6 Å². The fourth-order valence-corrected chi connectivity index (χ4v) is 2.59. The summed E-state index contributed by atoms with van der Waals surface area (Å²) >= 11 is 6.20. The average molecular weight is 317 g/mol. The lowest BCUT2D eigenvalue weighted by molar-refractivity contribution is 0.102. The molecule has 6 heteroatoms. The van der Waals surface area contributed by atoms with Crippen LogP contribution in [0.25, 0.3) is 0 Å². The number of halogens is 1. The van der Waals surface area contributed by atoms with Gasteiger partial charge in [-0.2, -0.15) is 0 Å². The van der Waals surface area contributed by atoms with E-state index in [0.717, 1.165) is 24.0 Å². The fourth-order valence-electron chi connectivity index (χ4n) is 2.22. The first-order chi connectivity index (χ1) is 10.5. The van der Waals surface area contributed by atoms with Crippen molar-refractivity contribution in [1.82, 2.24) is 10.2 Å². The van der Waals surface area contributed by atoms with Gasteiger partial charge in [-0.15, -0.1) is 10.2 Å². The Labute approximate surface area is 134 Å². The van der Waals surface area contributed by atoms with E-state index in [9.17, 15) is 4.79 Å². The van der Waals surface area contributed by atoms with Gasteiger partial charge in [-0.3, -0.25) is 4.79 Å². The molecule has 0 spiro atoms. The minimum atomic E-state index is -0.320. The summed E-state index contributed by atoms with van der Waals surface area (Å²) in [6.07, 6.45) is 2.32. The number of hydrogen-bond donors (Lipinski definition) is 2. The van der Waals surface area contributed by atoms with Crippen molar-refractivity contribution in [2.24, 2.45) is 0 Å². The van der Waals surface area contributed by atoms with Crippen LogP contribution in [0.3, 0.4) is 0 Å². The van der Waals surface area contributed by atoms with E-state index in [1.807, 2.05) is 26.0 Å². The Balaban J connectivity index is 1.73. The lowest BCUT2D eigenvalue weighted by Gasteiger charge is -2.11. The minimum Gasteiger partial charge on any atom is -0.366 e. The second-order valence-corrected chi connectivity index (χ2v) is 6.02. The van der Waals surface area contributed by atoms with Crippen LogP contribution in [0.5, 0.6) is 0 Å². The molecule has 3 rings (SSSR count). The minimum absolute atomic E-state index is 0.261. The Bertz CT molecular complexity index is 688. The predicted molar refractivity (Wildman–Crippen MR) is 87.6 cm³/mol. The second kappa shape index (κ2) is 5.93. The summed E-state index contributed by atoms with van der Waals surface area (Å²) in [4.78, 5) is 12.3. The van der Waals surface area contributed by atoms with Gasteiger partial charge < -0.3 is 10.6 Å². The smallest absolute Gasteiger partial charge is 0.276 e. The SMILES string of the molecule is Cc1cc(C)c(NC(=O)c2ccc(NC3CC3)nn2)c(Cl)c1. The van der Waals surface area contributed by atoms with Crippen LogP contribution in [-0.2, 0) is 0 Å². The molecule has 0 saturated heterocycles. The first-order valence-corrected chi connectivity index (χ1v) is 7.59. The number of carbonyl (C=O) groups excluding carboxylic acids is 1. The van der Waals surface area contributed by atoms with Crippen molar-refractivity contribution in [3.63, 3.8) is 0 Å². The molecule has 0 radical (unpaired) electrons. The van der Waals surface area contributed by atoms with Crippen molar-refractivity contribution in [3.05, 3.63) is 46.1 Å². The van der Waals surface area contributed by atoms with Gasteiger partial charge >= 0.3 is 0 Å². The van der Waals surface area contributed by atoms with Gasteiger partial charge in [0, 0.05) is 6.04 Å². The van der Waals surface area contributed by atoms with Crippen molar-refractivity contribution >= 4 is 29.0 Å². The number of hydrogen-bond acceptors (Lipinski definition) is 4. The molecule has 1 amide bonds. The van der Waals surface area contributed by atoms with E-state index in [1.54, 1.807) is 12.1 Å². The number of anilines is 2. The van der Waals surface area contributed by atoms with Crippen LogP contribution in [0, 0.1) is 13.8 Å². The number of carbonyl (C=O) groups is 1. The highest BCUT2D eigenvalue weighted by molar-refractivity contribution is 6.34. The molecule has 1 aliphatic rings. The maximum atomic E-state index is 12.3. The summed E-state index contributed by atoms with van der Waals surface area (Å²) in [5.41, 5.74) is 2.84. The third-order valence-electron chi connectivity index (χ3n) is 3.50. The van der Waals surface area contributed by atoms with Gasteiger partial charge in [0.05, 0.1) is 10.7 Å². The molecule has 5 nitrogen and oxygen atoms in total. The summed E-state index contributed by atoms with van der Waals surface area (Å²) in [5.74, 6) is 0.378. The summed E-state index contributed by atoms with van der Waals surface area (Å²) in [7, 11) is 0. The third-order valence-corrected chi connectivity index (χ3v) is 3.79. The summed E-state index contributed by atoms with van der Waals surface area (Å²) in [5, 5.41) is 14.5.